The van der Waals surface area contributed by atoms with Crippen LogP contribution >= 0.6 is 0 Å². The topological polar surface area (TPSA) is 29.9 Å². The highest BCUT2D eigenvalue weighted by atomic mass is 15.3. The van der Waals surface area contributed by atoms with Gasteiger partial charge >= 0.3 is 0 Å². The molecule has 1 N–H and O–H groups in total. The van der Waals surface area contributed by atoms with E-state index in [0.717, 1.165) is 19.1 Å². The molecule has 3 heteroatoms. The van der Waals surface area contributed by atoms with Gasteiger partial charge in [-0.3, -0.25) is 4.68 Å². The van der Waals surface area contributed by atoms with Gasteiger partial charge in [0.15, 0.2) is 0 Å². The van der Waals surface area contributed by atoms with Crippen molar-refractivity contribution in [1.29, 1.82) is 0 Å². The van der Waals surface area contributed by atoms with E-state index >= 15 is 0 Å². The van der Waals surface area contributed by atoms with Crippen LogP contribution in [0.25, 0.3) is 0 Å². The molecule has 1 fully saturated rings. The van der Waals surface area contributed by atoms with Crippen LogP contribution in [0.4, 0.5) is 0 Å². The second-order valence-corrected chi connectivity index (χ2v) is 3.35. The molecule has 1 heterocycles. The van der Waals surface area contributed by atoms with Crippen LogP contribution in [-0.4, -0.2) is 22.4 Å². The molecule has 0 radical (unpaired) electrons. The van der Waals surface area contributed by atoms with Gasteiger partial charge in [-0.15, -0.1) is 0 Å². The van der Waals surface area contributed by atoms with E-state index in [1.165, 1.54) is 19.3 Å². The monoisotopic (exact) mass is 165 g/mol. The van der Waals surface area contributed by atoms with Crippen molar-refractivity contribution < 1.29 is 0 Å². The maximum absolute atomic E-state index is 4.13. The fourth-order valence-corrected chi connectivity index (χ4v) is 1.43. The summed E-state index contributed by atoms with van der Waals surface area (Å²) in [5.74, 6) is 0. The molecule has 0 saturated heterocycles. The molecule has 1 aliphatic carbocycles. The SMILES string of the molecule is c1cnn(CCNC2CCC2)c1. The Morgan fingerprint density at radius 2 is 2.42 bits per heavy atom. The molecule has 0 aromatic carbocycles. The van der Waals surface area contributed by atoms with Gasteiger partial charge in [0.2, 0.25) is 0 Å². The van der Waals surface area contributed by atoms with E-state index in [9.17, 15) is 0 Å². The zero-order valence-corrected chi connectivity index (χ0v) is 7.24. The van der Waals surface area contributed by atoms with E-state index < -0.39 is 0 Å². The van der Waals surface area contributed by atoms with Crippen LogP contribution in [0.2, 0.25) is 0 Å². The van der Waals surface area contributed by atoms with Gasteiger partial charge in [0.05, 0.1) is 6.54 Å². The van der Waals surface area contributed by atoms with Gasteiger partial charge in [0.25, 0.3) is 0 Å². The molecular weight excluding hydrogens is 150 g/mol. The molecule has 1 aromatic rings. The Bertz CT molecular complexity index is 214. The number of nitrogens with zero attached hydrogens (tertiary/aromatic N) is 2. The molecule has 1 aliphatic rings. The maximum Gasteiger partial charge on any atom is 0.0534 e. The first-order valence-corrected chi connectivity index (χ1v) is 4.66. The number of hydrogen-bond donors (Lipinski definition) is 1. The normalized spacial score (nSPS) is 17.7. The predicted octanol–water partition coefficient (Wildman–Crippen LogP) is 1.03. The minimum absolute atomic E-state index is 0.792. The largest absolute Gasteiger partial charge is 0.312 e. The number of hydrogen-bond acceptors (Lipinski definition) is 2. The molecule has 12 heavy (non-hydrogen) atoms. The Kier molecular flexibility index (Phi) is 2.42. The minimum Gasteiger partial charge on any atom is -0.312 e. The first-order chi connectivity index (χ1) is 5.95. The van der Waals surface area contributed by atoms with Crippen molar-refractivity contribution in [3.63, 3.8) is 0 Å². The molecule has 0 amide bonds. The van der Waals surface area contributed by atoms with Gasteiger partial charge < -0.3 is 5.32 Å². The van der Waals surface area contributed by atoms with Gasteiger partial charge in [-0.05, 0) is 18.9 Å². The van der Waals surface area contributed by atoms with Crippen LogP contribution in [0.15, 0.2) is 18.5 Å². The summed E-state index contributed by atoms with van der Waals surface area (Å²) in [6.45, 7) is 2.04. The lowest BCUT2D eigenvalue weighted by Gasteiger charge is -2.26. The fraction of sp³-hybridized carbons (Fsp3) is 0.667. The van der Waals surface area contributed by atoms with E-state index in [0.29, 0.717) is 0 Å². The Hall–Kier alpha value is -0.830. The highest BCUT2D eigenvalue weighted by Crippen LogP contribution is 2.17. The number of aromatic nitrogens is 2. The summed E-state index contributed by atoms with van der Waals surface area (Å²) in [5, 5.41) is 7.63. The van der Waals surface area contributed by atoms with E-state index in [1.807, 2.05) is 23.1 Å². The Labute approximate surface area is 72.8 Å². The average Bonchev–Trinajstić information content (AvgIpc) is 2.46. The highest BCUT2D eigenvalue weighted by Gasteiger charge is 2.15. The standard InChI is InChI=1S/C9H15N3/c1-3-9(4-1)10-6-8-12-7-2-5-11-12/h2,5,7,9-10H,1,3-4,6,8H2. The van der Waals surface area contributed by atoms with Gasteiger partial charge in [0.1, 0.15) is 0 Å². The average molecular weight is 165 g/mol. The molecule has 0 bridgehead atoms. The van der Waals surface area contributed by atoms with Crippen molar-refractivity contribution in [2.45, 2.75) is 31.8 Å². The molecule has 66 valence electrons. The highest BCUT2D eigenvalue weighted by molar-refractivity contribution is 4.79. The molecule has 0 spiro atoms. The lowest BCUT2D eigenvalue weighted by atomic mass is 9.93. The minimum atomic E-state index is 0.792. The smallest absolute Gasteiger partial charge is 0.0534 e. The van der Waals surface area contributed by atoms with Crippen LogP contribution < -0.4 is 5.32 Å². The Morgan fingerprint density at radius 3 is 3.00 bits per heavy atom. The summed E-state index contributed by atoms with van der Waals surface area (Å²) in [6, 6.07) is 2.75. The molecule has 2 rings (SSSR count). The Balaban J connectivity index is 1.62. The maximum atomic E-state index is 4.13. The molecule has 3 nitrogen and oxygen atoms in total. The summed E-state index contributed by atoms with van der Waals surface area (Å²) in [4.78, 5) is 0. The van der Waals surface area contributed by atoms with Crippen LogP contribution in [0, 0.1) is 0 Å². The second-order valence-electron chi connectivity index (χ2n) is 3.35. The van der Waals surface area contributed by atoms with Gasteiger partial charge in [-0.25, -0.2) is 0 Å². The molecule has 0 atom stereocenters. The Morgan fingerprint density at radius 1 is 1.50 bits per heavy atom. The lowest BCUT2D eigenvalue weighted by Crippen LogP contribution is -2.37. The van der Waals surface area contributed by atoms with E-state index in [2.05, 4.69) is 10.4 Å². The third-order valence-electron chi connectivity index (χ3n) is 2.44. The molecule has 1 aromatic heterocycles. The summed E-state index contributed by atoms with van der Waals surface area (Å²) >= 11 is 0. The number of rotatable bonds is 4. The van der Waals surface area contributed by atoms with Crippen LogP contribution in [-0.2, 0) is 6.54 Å². The van der Waals surface area contributed by atoms with Gasteiger partial charge in [-0.2, -0.15) is 5.10 Å². The molecule has 1 saturated carbocycles. The van der Waals surface area contributed by atoms with E-state index in [-0.39, 0.29) is 0 Å². The zero-order valence-electron chi connectivity index (χ0n) is 7.24. The fourth-order valence-electron chi connectivity index (χ4n) is 1.43. The molecular formula is C9H15N3. The molecule has 0 aliphatic heterocycles. The summed E-state index contributed by atoms with van der Waals surface area (Å²) in [5.41, 5.74) is 0. The quantitative estimate of drug-likeness (QED) is 0.722. The number of nitrogens with one attached hydrogen (secondary N) is 1. The van der Waals surface area contributed by atoms with Gasteiger partial charge in [-0.1, -0.05) is 6.42 Å². The van der Waals surface area contributed by atoms with Crippen LogP contribution in [0.3, 0.4) is 0 Å². The van der Waals surface area contributed by atoms with Crippen LogP contribution in [0.1, 0.15) is 19.3 Å². The summed E-state index contributed by atoms with van der Waals surface area (Å²) in [6.07, 6.45) is 7.95. The van der Waals surface area contributed by atoms with Gasteiger partial charge in [0, 0.05) is 25.0 Å². The lowest BCUT2D eigenvalue weighted by molar-refractivity contribution is 0.332. The third-order valence-corrected chi connectivity index (χ3v) is 2.44. The van der Waals surface area contributed by atoms with Crippen molar-refractivity contribution in [2.75, 3.05) is 6.54 Å². The zero-order chi connectivity index (χ0) is 8.23. The van der Waals surface area contributed by atoms with Crippen molar-refractivity contribution in [1.82, 2.24) is 15.1 Å². The van der Waals surface area contributed by atoms with Crippen molar-refractivity contribution in [3.05, 3.63) is 18.5 Å². The van der Waals surface area contributed by atoms with Crippen LogP contribution in [0.5, 0.6) is 0 Å². The predicted molar refractivity (Wildman–Crippen MR) is 47.9 cm³/mol. The second kappa shape index (κ2) is 3.72. The first-order valence-electron chi connectivity index (χ1n) is 4.66. The van der Waals surface area contributed by atoms with Crippen molar-refractivity contribution >= 4 is 0 Å². The van der Waals surface area contributed by atoms with E-state index in [1.54, 1.807) is 0 Å². The molecule has 0 unspecified atom stereocenters. The summed E-state index contributed by atoms with van der Waals surface area (Å²) in [7, 11) is 0. The van der Waals surface area contributed by atoms with E-state index in [4.69, 9.17) is 0 Å². The van der Waals surface area contributed by atoms with Crippen molar-refractivity contribution in [2.24, 2.45) is 0 Å². The third kappa shape index (κ3) is 1.85. The first kappa shape index (κ1) is 7.80. The summed E-state index contributed by atoms with van der Waals surface area (Å²) < 4.78 is 1.96. The van der Waals surface area contributed by atoms with Crippen molar-refractivity contribution in [3.8, 4) is 0 Å².